The molecule has 0 saturated heterocycles. The molecule has 3 aromatic rings. The first-order valence-corrected chi connectivity index (χ1v) is 9.33. The van der Waals surface area contributed by atoms with Crippen LogP contribution in [0.25, 0.3) is 0 Å². The molecule has 0 aliphatic rings. The summed E-state index contributed by atoms with van der Waals surface area (Å²) < 4.78 is 19.2. The van der Waals surface area contributed by atoms with Crippen LogP contribution < -0.4 is 5.32 Å². The van der Waals surface area contributed by atoms with E-state index >= 15 is 0 Å². The van der Waals surface area contributed by atoms with Crippen LogP contribution in [-0.2, 0) is 13.1 Å². The second-order valence-corrected chi connectivity index (χ2v) is 6.61. The van der Waals surface area contributed by atoms with Crippen molar-refractivity contribution in [2.24, 2.45) is 0 Å². The van der Waals surface area contributed by atoms with Gasteiger partial charge in [-0.05, 0) is 37.1 Å². The smallest absolute Gasteiger partial charge is 0.273 e. The van der Waals surface area contributed by atoms with Crippen molar-refractivity contribution >= 4 is 5.91 Å². The molecule has 0 radical (unpaired) electrons. The van der Waals surface area contributed by atoms with Gasteiger partial charge in [0.25, 0.3) is 5.91 Å². The zero-order valence-corrected chi connectivity index (χ0v) is 16.1. The minimum Gasteiger partial charge on any atom is -0.447 e. The first-order valence-electron chi connectivity index (χ1n) is 9.33. The summed E-state index contributed by atoms with van der Waals surface area (Å²) in [4.78, 5) is 18.4. The molecule has 1 aromatic heterocycles. The van der Waals surface area contributed by atoms with E-state index in [1.54, 1.807) is 6.07 Å². The Morgan fingerprint density at radius 2 is 1.96 bits per heavy atom. The number of oxazole rings is 1. The minimum absolute atomic E-state index is 0.0456. The maximum atomic E-state index is 13.6. The number of nitrogens with zero attached hydrogens (tertiary/aromatic N) is 2. The summed E-state index contributed by atoms with van der Waals surface area (Å²) in [6, 6.07) is 16.7. The summed E-state index contributed by atoms with van der Waals surface area (Å²) in [6.07, 6.45) is 1.37. The second-order valence-electron chi connectivity index (χ2n) is 6.61. The van der Waals surface area contributed by atoms with E-state index < -0.39 is 0 Å². The van der Waals surface area contributed by atoms with Crippen molar-refractivity contribution < 1.29 is 13.6 Å². The van der Waals surface area contributed by atoms with Crippen LogP contribution in [-0.4, -0.2) is 22.3 Å². The molecule has 0 unspecified atom stereocenters. The Hall–Kier alpha value is -2.99. The number of halogens is 1. The normalized spacial score (nSPS) is 12.1. The van der Waals surface area contributed by atoms with Gasteiger partial charge < -0.3 is 9.73 Å². The van der Waals surface area contributed by atoms with Crippen LogP contribution in [0.2, 0.25) is 0 Å². The number of hydrogen-bond donors (Lipinski definition) is 1. The monoisotopic (exact) mass is 381 g/mol. The topological polar surface area (TPSA) is 58.4 Å². The molecule has 0 spiro atoms. The van der Waals surface area contributed by atoms with Gasteiger partial charge in [0.1, 0.15) is 12.1 Å². The molecule has 1 heterocycles. The van der Waals surface area contributed by atoms with Crippen LogP contribution in [0.3, 0.4) is 0 Å². The van der Waals surface area contributed by atoms with E-state index in [0.29, 0.717) is 25.5 Å². The lowest BCUT2D eigenvalue weighted by molar-refractivity contribution is 0.0950. The van der Waals surface area contributed by atoms with E-state index in [9.17, 15) is 9.18 Å². The lowest BCUT2D eigenvalue weighted by Gasteiger charge is -2.28. The van der Waals surface area contributed by atoms with E-state index in [2.05, 4.69) is 34.3 Å². The number of nitrogens with one attached hydrogen (secondary N) is 1. The summed E-state index contributed by atoms with van der Waals surface area (Å²) in [5, 5.41) is 2.71. The number of aromatic nitrogens is 1. The summed E-state index contributed by atoms with van der Waals surface area (Å²) in [7, 11) is 0. The number of carbonyl (C=O) groups is 1. The quantitative estimate of drug-likeness (QED) is 0.631. The van der Waals surface area contributed by atoms with Crippen LogP contribution in [0.1, 0.15) is 47.4 Å². The van der Waals surface area contributed by atoms with Crippen molar-refractivity contribution in [2.45, 2.75) is 33.0 Å². The Bertz CT molecular complexity index is 911. The summed E-state index contributed by atoms with van der Waals surface area (Å²) in [5.74, 6) is -0.0785. The fourth-order valence-electron chi connectivity index (χ4n) is 3.05. The molecule has 6 heteroatoms. The highest BCUT2D eigenvalue weighted by Crippen LogP contribution is 2.24. The van der Waals surface area contributed by atoms with Gasteiger partial charge in [-0.1, -0.05) is 42.5 Å². The Kier molecular flexibility index (Phi) is 6.55. The Morgan fingerprint density at radius 1 is 1.18 bits per heavy atom. The van der Waals surface area contributed by atoms with Crippen molar-refractivity contribution in [3.05, 3.63) is 89.4 Å². The fourth-order valence-corrected chi connectivity index (χ4v) is 3.05. The molecule has 0 aliphatic heterocycles. The van der Waals surface area contributed by atoms with Gasteiger partial charge >= 0.3 is 0 Å². The summed E-state index contributed by atoms with van der Waals surface area (Å²) in [6.45, 7) is 5.37. The van der Waals surface area contributed by atoms with Crippen molar-refractivity contribution in [3.8, 4) is 0 Å². The molecule has 0 saturated carbocycles. The van der Waals surface area contributed by atoms with Gasteiger partial charge in [0, 0.05) is 19.1 Å². The fraction of sp³-hybridized carbons (Fsp3) is 0.273. The lowest BCUT2D eigenvalue weighted by Crippen LogP contribution is -2.27. The molecular weight excluding hydrogens is 357 g/mol. The maximum absolute atomic E-state index is 13.6. The lowest BCUT2D eigenvalue weighted by atomic mass is 10.1. The van der Waals surface area contributed by atoms with Crippen LogP contribution in [0.4, 0.5) is 4.39 Å². The van der Waals surface area contributed by atoms with Gasteiger partial charge in [-0.3, -0.25) is 9.69 Å². The third-order valence-corrected chi connectivity index (χ3v) is 4.56. The van der Waals surface area contributed by atoms with E-state index in [0.717, 1.165) is 11.1 Å². The molecule has 28 heavy (non-hydrogen) atoms. The van der Waals surface area contributed by atoms with E-state index in [4.69, 9.17) is 4.42 Å². The van der Waals surface area contributed by atoms with Crippen molar-refractivity contribution in [1.29, 1.82) is 0 Å². The first-order chi connectivity index (χ1) is 13.6. The largest absolute Gasteiger partial charge is 0.447 e. The Balaban J connectivity index is 1.82. The number of rotatable bonds is 8. The number of carbonyl (C=O) groups excluding carboxylic acids is 1. The molecule has 1 amide bonds. The molecule has 0 bridgehead atoms. The number of hydrogen-bond acceptors (Lipinski definition) is 4. The maximum Gasteiger partial charge on any atom is 0.273 e. The molecule has 0 fully saturated rings. The van der Waals surface area contributed by atoms with Crippen molar-refractivity contribution in [3.63, 3.8) is 0 Å². The second kappa shape index (κ2) is 9.28. The SMILES string of the molecule is CCNC(=O)c1coc(CN(Cc2cccc(F)c2)[C@H](C)c2ccccc2)n1. The summed E-state index contributed by atoms with van der Waals surface area (Å²) in [5.41, 5.74) is 2.25. The Labute approximate surface area is 164 Å². The zero-order chi connectivity index (χ0) is 19.9. The standard InChI is InChI=1S/C22H24FN3O2/c1-3-24-22(27)20-15-28-21(25-20)14-26(13-17-8-7-11-19(23)12-17)16(2)18-9-5-4-6-10-18/h4-12,15-16H,3,13-14H2,1-2H3,(H,24,27)/t16-/m1/s1. The highest BCUT2D eigenvalue weighted by Gasteiger charge is 2.20. The summed E-state index contributed by atoms with van der Waals surface area (Å²) >= 11 is 0. The molecular formula is C22H24FN3O2. The van der Waals surface area contributed by atoms with Gasteiger partial charge in [-0.15, -0.1) is 0 Å². The van der Waals surface area contributed by atoms with Gasteiger partial charge in [0.2, 0.25) is 5.89 Å². The molecule has 0 aliphatic carbocycles. The molecule has 2 aromatic carbocycles. The van der Waals surface area contributed by atoms with Crippen molar-refractivity contribution in [2.75, 3.05) is 6.54 Å². The predicted octanol–water partition coefficient (Wildman–Crippen LogP) is 4.33. The first kappa shape index (κ1) is 19.8. The third kappa shape index (κ3) is 5.04. The van der Waals surface area contributed by atoms with Crippen LogP contribution in [0.15, 0.2) is 65.3 Å². The average Bonchev–Trinajstić information content (AvgIpc) is 3.17. The zero-order valence-electron chi connectivity index (χ0n) is 16.1. The third-order valence-electron chi connectivity index (χ3n) is 4.56. The number of benzene rings is 2. The molecule has 1 atom stereocenters. The Morgan fingerprint density at radius 3 is 2.68 bits per heavy atom. The van der Waals surface area contributed by atoms with Crippen molar-refractivity contribution in [1.82, 2.24) is 15.2 Å². The molecule has 1 N–H and O–H groups in total. The molecule has 3 rings (SSSR count). The number of amides is 1. The highest BCUT2D eigenvalue weighted by molar-refractivity contribution is 5.91. The van der Waals surface area contributed by atoms with Crippen LogP contribution >= 0.6 is 0 Å². The van der Waals surface area contributed by atoms with E-state index in [-0.39, 0.29) is 23.5 Å². The molecule has 5 nitrogen and oxygen atoms in total. The van der Waals surface area contributed by atoms with Gasteiger partial charge in [-0.2, -0.15) is 0 Å². The minimum atomic E-state index is -0.264. The van der Waals surface area contributed by atoms with Crippen LogP contribution in [0, 0.1) is 5.82 Å². The predicted molar refractivity (Wildman–Crippen MR) is 105 cm³/mol. The molecule has 146 valence electrons. The highest BCUT2D eigenvalue weighted by atomic mass is 19.1. The van der Waals surface area contributed by atoms with Gasteiger partial charge in [0.05, 0.1) is 6.54 Å². The van der Waals surface area contributed by atoms with E-state index in [1.165, 1.54) is 18.4 Å². The van der Waals surface area contributed by atoms with Crippen LogP contribution in [0.5, 0.6) is 0 Å². The van der Waals surface area contributed by atoms with Gasteiger partial charge in [-0.25, -0.2) is 9.37 Å². The van der Waals surface area contributed by atoms with Gasteiger partial charge in [0.15, 0.2) is 5.69 Å². The average molecular weight is 381 g/mol. The van der Waals surface area contributed by atoms with E-state index in [1.807, 2.05) is 31.2 Å².